The highest BCUT2D eigenvalue weighted by atomic mass is 32.1. The van der Waals surface area contributed by atoms with Gasteiger partial charge in [-0.3, -0.25) is 0 Å². The van der Waals surface area contributed by atoms with Gasteiger partial charge in [-0.2, -0.15) is 0 Å². The molecule has 4 rings (SSSR count). The van der Waals surface area contributed by atoms with E-state index in [1.54, 1.807) is 0 Å². The van der Waals surface area contributed by atoms with Gasteiger partial charge < -0.3 is 5.32 Å². The zero-order valence-corrected chi connectivity index (χ0v) is 13.0. The Bertz CT molecular complexity index is 769. The molecule has 1 aliphatic carbocycles. The summed E-state index contributed by atoms with van der Waals surface area (Å²) in [7, 11) is 0. The van der Waals surface area contributed by atoms with Crippen molar-refractivity contribution >= 4 is 17.3 Å². The molecule has 0 bridgehead atoms. The maximum Gasteiger partial charge on any atom is 0.222 e. The van der Waals surface area contributed by atoms with Crippen LogP contribution in [0.4, 0.5) is 5.95 Å². The summed E-state index contributed by atoms with van der Waals surface area (Å²) in [6, 6.07) is 8.97. The first kappa shape index (κ1) is 13.4. The smallest absolute Gasteiger partial charge is 0.222 e. The third-order valence-electron chi connectivity index (χ3n) is 3.99. The van der Waals surface area contributed by atoms with E-state index in [-0.39, 0.29) is 0 Å². The number of rotatable bonds is 3. The zero-order chi connectivity index (χ0) is 14.9. The zero-order valence-electron chi connectivity index (χ0n) is 12.2. The lowest BCUT2D eigenvalue weighted by atomic mass is 10.1. The van der Waals surface area contributed by atoms with Crippen LogP contribution in [-0.2, 0) is 12.8 Å². The normalized spacial score (nSPS) is 14.0. The molecule has 1 aliphatic rings. The number of fused-ring (bicyclic) bond motifs is 1. The van der Waals surface area contributed by atoms with Crippen LogP contribution in [-0.4, -0.2) is 21.0 Å². The van der Waals surface area contributed by atoms with Crippen LogP contribution in [0, 0.1) is 12.4 Å². The quantitative estimate of drug-likeness (QED) is 0.807. The van der Waals surface area contributed by atoms with Gasteiger partial charge >= 0.3 is 0 Å². The minimum Gasteiger partial charge on any atom is -0.351 e. The maximum atomic E-state index is 4.44. The van der Waals surface area contributed by atoms with Crippen LogP contribution in [0.2, 0.25) is 0 Å². The summed E-state index contributed by atoms with van der Waals surface area (Å²) in [4.78, 5) is 14.1. The maximum absolute atomic E-state index is 4.44. The standard InChI is InChI=1S/C17H15N4S/c1-11-16(22-10-20-11)14-8-18-17(19-9-14)21-15-6-12-4-2-3-5-13(12)7-15/h2-5,8-9,15H,6-7H2,1H3,(H,18,19,21). The molecule has 0 fully saturated rings. The van der Waals surface area contributed by atoms with Crippen molar-refractivity contribution in [2.45, 2.75) is 25.8 Å². The molecule has 2 heterocycles. The van der Waals surface area contributed by atoms with Crippen LogP contribution in [0.1, 0.15) is 16.8 Å². The first-order chi connectivity index (χ1) is 10.8. The highest BCUT2D eigenvalue weighted by Gasteiger charge is 2.21. The van der Waals surface area contributed by atoms with E-state index in [4.69, 9.17) is 0 Å². The Labute approximate surface area is 133 Å². The van der Waals surface area contributed by atoms with E-state index in [2.05, 4.69) is 50.0 Å². The molecule has 0 atom stereocenters. The molecule has 0 unspecified atom stereocenters. The van der Waals surface area contributed by atoms with E-state index in [0.717, 1.165) is 29.0 Å². The van der Waals surface area contributed by atoms with Gasteiger partial charge in [0.2, 0.25) is 5.95 Å². The van der Waals surface area contributed by atoms with E-state index >= 15 is 0 Å². The topological polar surface area (TPSA) is 50.7 Å². The number of aryl methyl sites for hydroxylation is 1. The van der Waals surface area contributed by atoms with Crippen LogP contribution in [0.3, 0.4) is 0 Å². The summed E-state index contributed by atoms with van der Waals surface area (Å²) >= 11 is 1.50. The van der Waals surface area contributed by atoms with E-state index in [1.165, 1.54) is 22.5 Å². The fraction of sp³-hybridized carbons (Fsp3) is 0.235. The molecule has 1 aromatic carbocycles. The van der Waals surface area contributed by atoms with Gasteiger partial charge in [0, 0.05) is 24.0 Å². The minimum atomic E-state index is 0.377. The molecular formula is C17H15N4S. The third-order valence-corrected chi connectivity index (χ3v) is 4.91. The van der Waals surface area contributed by atoms with Gasteiger partial charge in [0.1, 0.15) is 0 Å². The second kappa shape index (κ2) is 5.50. The van der Waals surface area contributed by atoms with E-state index in [9.17, 15) is 0 Å². The van der Waals surface area contributed by atoms with Gasteiger partial charge in [-0.25, -0.2) is 15.0 Å². The fourth-order valence-corrected chi connectivity index (χ4v) is 3.58. The number of hydrogen-bond acceptors (Lipinski definition) is 5. The van der Waals surface area contributed by atoms with Gasteiger partial charge in [0.05, 0.1) is 10.6 Å². The second-order valence-electron chi connectivity index (χ2n) is 5.53. The molecule has 0 saturated heterocycles. The minimum absolute atomic E-state index is 0.377. The van der Waals surface area contributed by atoms with Crippen LogP contribution < -0.4 is 5.32 Å². The van der Waals surface area contributed by atoms with Crippen molar-refractivity contribution in [1.29, 1.82) is 0 Å². The van der Waals surface area contributed by atoms with E-state index in [0.29, 0.717) is 12.0 Å². The number of benzene rings is 1. The number of nitrogens with zero attached hydrogens (tertiary/aromatic N) is 3. The lowest BCUT2D eigenvalue weighted by Gasteiger charge is -2.11. The molecule has 2 aromatic heterocycles. The van der Waals surface area contributed by atoms with Gasteiger partial charge in [0.25, 0.3) is 0 Å². The number of hydrogen-bond donors (Lipinski definition) is 1. The second-order valence-corrected chi connectivity index (χ2v) is 6.33. The van der Waals surface area contributed by atoms with Crippen LogP contribution in [0.15, 0.2) is 36.7 Å². The summed E-state index contributed by atoms with van der Waals surface area (Å²) in [5, 5.41) is 3.43. The summed E-state index contributed by atoms with van der Waals surface area (Å²) in [6.45, 7) is 1.98. The largest absolute Gasteiger partial charge is 0.351 e. The number of nitrogens with one attached hydrogen (secondary N) is 1. The van der Waals surface area contributed by atoms with Crippen molar-refractivity contribution in [3.63, 3.8) is 0 Å². The summed E-state index contributed by atoms with van der Waals surface area (Å²) < 4.78 is 0. The molecule has 22 heavy (non-hydrogen) atoms. The lowest BCUT2D eigenvalue weighted by Crippen LogP contribution is -2.20. The van der Waals surface area contributed by atoms with Crippen LogP contribution >= 0.6 is 11.3 Å². The Kier molecular flexibility index (Phi) is 3.35. The number of thiazole rings is 1. The Balaban J connectivity index is 1.48. The van der Waals surface area contributed by atoms with Crippen molar-refractivity contribution < 1.29 is 0 Å². The first-order valence-corrected chi connectivity index (χ1v) is 8.10. The van der Waals surface area contributed by atoms with Crippen molar-refractivity contribution in [2.75, 3.05) is 5.32 Å². The Morgan fingerprint density at radius 3 is 2.41 bits per heavy atom. The fourth-order valence-electron chi connectivity index (χ4n) is 2.89. The van der Waals surface area contributed by atoms with Crippen molar-refractivity contribution in [2.24, 2.45) is 0 Å². The average molecular weight is 307 g/mol. The molecule has 5 heteroatoms. The number of aromatic nitrogens is 3. The van der Waals surface area contributed by atoms with E-state index in [1.807, 2.05) is 19.3 Å². The molecule has 0 saturated carbocycles. The Morgan fingerprint density at radius 1 is 1.14 bits per heavy atom. The van der Waals surface area contributed by atoms with E-state index < -0.39 is 0 Å². The van der Waals surface area contributed by atoms with Gasteiger partial charge in [0.15, 0.2) is 5.51 Å². The van der Waals surface area contributed by atoms with Crippen LogP contribution in [0.5, 0.6) is 0 Å². The molecule has 0 aliphatic heterocycles. The van der Waals surface area contributed by atoms with Gasteiger partial charge in [-0.15, -0.1) is 11.3 Å². The first-order valence-electron chi connectivity index (χ1n) is 7.29. The van der Waals surface area contributed by atoms with Crippen molar-refractivity contribution in [3.8, 4) is 10.4 Å². The SMILES string of the molecule is Cc1n[c]sc1-c1cnc(NC2Cc3ccccc3C2)nc1. The summed E-state index contributed by atoms with van der Waals surface area (Å²) in [6.07, 6.45) is 5.77. The Morgan fingerprint density at radius 2 is 1.82 bits per heavy atom. The third kappa shape index (κ3) is 2.48. The predicted molar refractivity (Wildman–Crippen MR) is 88.0 cm³/mol. The molecular weight excluding hydrogens is 292 g/mol. The number of anilines is 1. The van der Waals surface area contributed by atoms with Gasteiger partial charge in [-0.05, 0) is 30.9 Å². The van der Waals surface area contributed by atoms with Crippen LogP contribution in [0.25, 0.3) is 10.4 Å². The molecule has 0 amide bonds. The molecule has 109 valence electrons. The molecule has 0 spiro atoms. The highest BCUT2D eigenvalue weighted by Crippen LogP contribution is 2.27. The van der Waals surface area contributed by atoms with Crippen molar-refractivity contribution in [3.05, 3.63) is 59.0 Å². The lowest BCUT2D eigenvalue weighted by molar-refractivity contribution is 0.762. The average Bonchev–Trinajstić information content (AvgIpc) is 3.13. The monoisotopic (exact) mass is 307 g/mol. The van der Waals surface area contributed by atoms with Gasteiger partial charge in [-0.1, -0.05) is 24.3 Å². The molecule has 1 radical (unpaired) electrons. The summed E-state index contributed by atoms with van der Waals surface area (Å²) in [5.41, 5.74) is 7.72. The molecule has 4 nitrogen and oxygen atoms in total. The molecule has 1 N–H and O–H groups in total. The summed E-state index contributed by atoms with van der Waals surface area (Å²) in [5.74, 6) is 0.688. The highest BCUT2D eigenvalue weighted by molar-refractivity contribution is 7.12. The predicted octanol–water partition coefficient (Wildman–Crippen LogP) is 3.29. The van der Waals surface area contributed by atoms with Crippen molar-refractivity contribution in [1.82, 2.24) is 15.0 Å². The molecule has 3 aromatic rings. The Hall–Kier alpha value is -2.27.